The van der Waals surface area contributed by atoms with Gasteiger partial charge in [0.05, 0.1) is 10.6 Å². The van der Waals surface area contributed by atoms with E-state index in [1.54, 1.807) is 42.5 Å². The molecule has 0 aromatic heterocycles. The average molecular weight is 724 g/mol. The fourth-order valence-corrected chi connectivity index (χ4v) is 6.60. The molecular formula is C35H38IN3O4S. The van der Waals surface area contributed by atoms with Crippen LogP contribution >= 0.6 is 22.6 Å². The lowest BCUT2D eigenvalue weighted by Crippen LogP contribution is -2.53. The summed E-state index contributed by atoms with van der Waals surface area (Å²) in [7, 11) is -4.11. The Balaban J connectivity index is 1.77. The summed E-state index contributed by atoms with van der Waals surface area (Å²) in [6, 6.07) is 31.6. The molecular weight excluding hydrogens is 685 g/mol. The minimum Gasteiger partial charge on any atom is -0.354 e. The normalized spacial score (nSPS) is 11.9. The third kappa shape index (κ3) is 8.92. The van der Waals surface area contributed by atoms with Crippen molar-refractivity contribution < 1.29 is 18.0 Å². The Morgan fingerprint density at radius 2 is 1.43 bits per heavy atom. The SMILES string of the molecule is CCCCNC(=O)[C@H](Cc1ccccc1)N(Cc1ccc(C)cc1)C(=O)CN(c1ccc(I)cc1)S(=O)(=O)c1ccccc1. The second kappa shape index (κ2) is 15.9. The first-order chi connectivity index (χ1) is 21.2. The first-order valence-corrected chi connectivity index (χ1v) is 17.2. The van der Waals surface area contributed by atoms with E-state index in [-0.39, 0.29) is 23.8 Å². The van der Waals surface area contributed by atoms with Crippen molar-refractivity contribution in [1.29, 1.82) is 0 Å². The highest BCUT2D eigenvalue weighted by atomic mass is 127. The zero-order valence-electron chi connectivity index (χ0n) is 25.0. The molecule has 9 heteroatoms. The number of sulfonamides is 1. The van der Waals surface area contributed by atoms with Crippen LogP contribution in [0.3, 0.4) is 0 Å². The summed E-state index contributed by atoms with van der Waals surface area (Å²) in [6.45, 7) is 4.19. The number of benzene rings is 4. The lowest BCUT2D eigenvalue weighted by Gasteiger charge is -2.34. The third-order valence-corrected chi connectivity index (χ3v) is 9.81. The number of hydrogen-bond acceptors (Lipinski definition) is 4. The Morgan fingerprint density at radius 1 is 0.818 bits per heavy atom. The van der Waals surface area contributed by atoms with Gasteiger partial charge in [-0.2, -0.15) is 0 Å². The standard InChI is InChI=1S/C35H38IN3O4S/c1-3-4-23-37-35(41)33(24-28-11-7-5-8-12-28)38(25-29-17-15-27(2)16-18-29)34(40)26-39(31-21-19-30(36)20-22-31)44(42,43)32-13-9-6-10-14-32/h5-22,33H,3-4,23-26H2,1-2H3,(H,37,41)/t33-/m0/s1. The number of nitrogens with zero attached hydrogens (tertiary/aromatic N) is 2. The van der Waals surface area contributed by atoms with E-state index >= 15 is 0 Å². The Labute approximate surface area is 274 Å². The van der Waals surface area contributed by atoms with Crippen LogP contribution in [0.2, 0.25) is 0 Å². The molecule has 7 nitrogen and oxygen atoms in total. The highest BCUT2D eigenvalue weighted by molar-refractivity contribution is 14.1. The van der Waals surface area contributed by atoms with Crippen molar-refractivity contribution >= 4 is 50.1 Å². The van der Waals surface area contributed by atoms with Crippen LogP contribution in [-0.2, 0) is 32.6 Å². The third-order valence-electron chi connectivity index (χ3n) is 7.30. The van der Waals surface area contributed by atoms with Crippen LogP contribution in [0, 0.1) is 10.5 Å². The molecule has 1 N–H and O–H groups in total. The number of amides is 2. The van der Waals surface area contributed by atoms with Gasteiger partial charge in [0.15, 0.2) is 0 Å². The molecule has 0 spiro atoms. The molecule has 4 aromatic rings. The van der Waals surface area contributed by atoms with Gasteiger partial charge in [0.2, 0.25) is 11.8 Å². The molecule has 1 atom stereocenters. The van der Waals surface area contributed by atoms with Crippen molar-refractivity contribution in [3.8, 4) is 0 Å². The monoisotopic (exact) mass is 723 g/mol. The smallest absolute Gasteiger partial charge is 0.264 e. The molecule has 230 valence electrons. The van der Waals surface area contributed by atoms with Crippen LogP contribution in [0.5, 0.6) is 0 Å². The fraction of sp³-hybridized carbons (Fsp3) is 0.257. The van der Waals surface area contributed by atoms with Crippen molar-refractivity contribution in [2.45, 2.75) is 50.6 Å². The van der Waals surface area contributed by atoms with Gasteiger partial charge in [-0.25, -0.2) is 8.42 Å². The second-order valence-corrected chi connectivity index (χ2v) is 13.8. The number of aryl methyl sites for hydroxylation is 1. The number of hydrogen-bond donors (Lipinski definition) is 1. The van der Waals surface area contributed by atoms with Crippen LogP contribution in [-0.4, -0.2) is 44.3 Å². The van der Waals surface area contributed by atoms with E-state index in [2.05, 4.69) is 27.9 Å². The summed E-state index contributed by atoms with van der Waals surface area (Å²) in [6.07, 6.45) is 2.01. The number of unbranched alkanes of at least 4 members (excludes halogenated alkanes) is 1. The molecule has 0 radical (unpaired) electrons. The summed E-state index contributed by atoms with van der Waals surface area (Å²) < 4.78 is 30.1. The van der Waals surface area contributed by atoms with E-state index in [1.807, 2.05) is 68.4 Å². The molecule has 4 aromatic carbocycles. The van der Waals surface area contributed by atoms with Crippen LogP contribution in [0.25, 0.3) is 0 Å². The van der Waals surface area contributed by atoms with E-state index in [0.29, 0.717) is 12.2 Å². The lowest BCUT2D eigenvalue weighted by molar-refractivity contribution is -0.140. The maximum atomic E-state index is 14.4. The van der Waals surface area contributed by atoms with Gasteiger partial charge in [0, 0.05) is 23.1 Å². The van der Waals surface area contributed by atoms with Gasteiger partial charge in [-0.05, 0) is 83.5 Å². The predicted octanol–water partition coefficient (Wildman–Crippen LogP) is 6.35. The Kier molecular flexibility index (Phi) is 12.0. The van der Waals surface area contributed by atoms with Crippen molar-refractivity contribution in [3.05, 3.63) is 129 Å². The predicted molar refractivity (Wildman–Crippen MR) is 184 cm³/mol. The summed E-state index contributed by atoms with van der Waals surface area (Å²) >= 11 is 2.16. The maximum Gasteiger partial charge on any atom is 0.264 e. The second-order valence-electron chi connectivity index (χ2n) is 10.7. The molecule has 0 saturated carbocycles. The van der Waals surface area contributed by atoms with Crippen molar-refractivity contribution in [2.24, 2.45) is 0 Å². The van der Waals surface area contributed by atoms with E-state index in [4.69, 9.17) is 0 Å². The van der Waals surface area contributed by atoms with Crippen LogP contribution in [0.15, 0.2) is 114 Å². The van der Waals surface area contributed by atoms with E-state index in [0.717, 1.165) is 37.4 Å². The number of carbonyl (C=O) groups is 2. The zero-order chi connectivity index (χ0) is 31.5. The number of nitrogens with one attached hydrogen (secondary N) is 1. The molecule has 0 saturated heterocycles. The van der Waals surface area contributed by atoms with Gasteiger partial charge in [0.1, 0.15) is 12.6 Å². The van der Waals surface area contributed by atoms with Gasteiger partial charge in [0.25, 0.3) is 10.0 Å². The molecule has 44 heavy (non-hydrogen) atoms. The molecule has 4 rings (SSSR count). The number of anilines is 1. The van der Waals surface area contributed by atoms with Crippen molar-refractivity contribution in [2.75, 3.05) is 17.4 Å². The Morgan fingerprint density at radius 3 is 2.05 bits per heavy atom. The zero-order valence-corrected chi connectivity index (χ0v) is 28.0. The van der Waals surface area contributed by atoms with E-state index in [1.165, 1.54) is 17.0 Å². The topological polar surface area (TPSA) is 86.8 Å². The summed E-state index contributed by atoms with van der Waals surface area (Å²) in [5.74, 6) is -0.746. The quantitative estimate of drug-likeness (QED) is 0.121. The maximum absolute atomic E-state index is 14.4. The molecule has 0 heterocycles. The molecule has 0 unspecified atom stereocenters. The molecule has 0 aliphatic heterocycles. The highest BCUT2D eigenvalue weighted by Gasteiger charge is 2.34. The average Bonchev–Trinajstić information content (AvgIpc) is 3.03. The first kappa shape index (κ1) is 33.2. The number of halogens is 1. The number of carbonyl (C=O) groups excluding carboxylic acids is 2. The molecule has 0 bridgehead atoms. The minimum absolute atomic E-state index is 0.0783. The Hall–Kier alpha value is -3.70. The van der Waals surface area contributed by atoms with E-state index in [9.17, 15) is 18.0 Å². The van der Waals surface area contributed by atoms with E-state index < -0.39 is 28.5 Å². The van der Waals surface area contributed by atoms with Gasteiger partial charge in [-0.1, -0.05) is 91.7 Å². The molecule has 0 fully saturated rings. The van der Waals surface area contributed by atoms with Gasteiger partial charge < -0.3 is 10.2 Å². The molecule has 0 aliphatic rings. The Bertz CT molecular complexity index is 1610. The van der Waals surface area contributed by atoms with Gasteiger partial charge in [-0.3, -0.25) is 13.9 Å². The minimum atomic E-state index is -4.11. The van der Waals surface area contributed by atoms with Crippen LogP contribution < -0.4 is 9.62 Å². The van der Waals surface area contributed by atoms with Crippen LogP contribution in [0.1, 0.15) is 36.5 Å². The van der Waals surface area contributed by atoms with Crippen molar-refractivity contribution in [3.63, 3.8) is 0 Å². The molecule has 2 amide bonds. The van der Waals surface area contributed by atoms with Crippen LogP contribution in [0.4, 0.5) is 5.69 Å². The first-order valence-electron chi connectivity index (χ1n) is 14.7. The fourth-order valence-electron chi connectivity index (χ4n) is 4.81. The highest BCUT2D eigenvalue weighted by Crippen LogP contribution is 2.26. The largest absolute Gasteiger partial charge is 0.354 e. The summed E-state index contributed by atoms with van der Waals surface area (Å²) in [5, 5.41) is 3.02. The van der Waals surface area contributed by atoms with Gasteiger partial charge in [-0.15, -0.1) is 0 Å². The van der Waals surface area contributed by atoms with Crippen molar-refractivity contribution in [1.82, 2.24) is 10.2 Å². The summed E-state index contributed by atoms with van der Waals surface area (Å²) in [5.41, 5.74) is 3.18. The molecule has 0 aliphatic carbocycles. The number of rotatable bonds is 14. The summed E-state index contributed by atoms with van der Waals surface area (Å²) in [4.78, 5) is 29.8. The lowest BCUT2D eigenvalue weighted by atomic mass is 10.0. The van der Waals surface area contributed by atoms with Gasteiger partial charge >= 0.3 is 0 Å².